The number of nitrogens with zero attached hydrogens (tertiary/aromatic N) is 3. The highest BCUT2D eigenvalue weighted by Crippen LogP contribution is 2.28. The topological polar surface area (TPSA) is 75.6 Å². The number of nitrogens with one attached hydrogen (secondary N) is 1. The number of ether oxygens (including phenoxy) is 3. The van der Waals surface area contributed by atoms with Crippen molar-refractivity contribution in [1.29, 1.82) is 0 Å². The quantitative estimate of drug-likeness (QED) is 0.384. The van der Waals surface area contributed by atoms with E-state index in [0.29, 0.717) is 6.61 Å². The van der Waals surface area contributed by atoms with Crippen molar-refractivity contribution in [1.82, 2.24) is 15.1 Å². The van der Waals surface area contributed by atoms with E-state index < -0.39 is 0 Å². The SMILES string of the molecule is CCNC(=NCCCc1ccc(OC)c(OC)c1)N1CCN(C(=O)C2CCCO2)CC1. The fourth-order valence-corrected chi connectivity index (χ4v) is 4.04. The molecule has 172 valence electrons. The Balaban J connectivity index is 1.48. The molecule has 0 radical (unpaired) electrons. The maximum atomic E-state index is 12.6. The summed E-state index contributed by atoms with van der Waals surface area (Å²) >= 11 is 0. The molecule has 2 saturated heterocycles. The molecule has 1 N–H and O–H groups in total. The lowest BCUT2D eigenvalue weighted by Crippen LogP contribution is -2.55. The second-order valence-electron chi connectivity index (χ2n) is 7.84. The Kier molecular flexibility index (Phi) is 8.82. The number of carbonyl (C=O) groups is 1. The van der Waals surface area contributed by atoms with Crippen LogP contribution in [-0.4, -0.2) is 87.9 Å². The van der Waals surface area contributed by atoms with Crippen LogP contribution < -0.4 is 14.8 Å². The average molecular weight is 433 g/mol. The van der Waals surface area contributed by atoms with Crippen LogP contribution in [0, 0.1) is 0 Å². The molecular formula is C23H36N4O4. The van der Waals surface area contributed by atoms with Crippen molar-refractivity contribution in [3.05, 3.63) is 23.8 Å². The van der Waals surface area contributed by atoms with Crippen molar-refractivity contribution >= 4 is 11.9 Å². The van der Waals surface area contributed by atoms with Crippen LogP contribution >= 0.6 is 0 Å². The molecular weight excluding hydrogens is 396 g/mol. The maximum absolute atomic E-state index is 12.6. The molecule has 0 bridgehead atoms. The Hall–Kier alpha value is -2.48. The first-order valence-corrected chi connectivity index (χ1v) is 11.3. The molecule has 2 heterocycles. The number of hydrogen-bond donors (Lipinski definition) is 1. The minimum Gasteiger partial charge on any atom is -0.493 e. The van der Waals surface area contributed by atoms with Gasteiger partial charge in [0.2, 0.25) is 0 Å². The van der Waals surface area contributed by atoms with Gasteiger partial charge in [-0.3, -0.25) is 9.79 Å². The lowest BCUT2D eigenvalue weighted by Gasteiger charge is -2.37. The zero-order valence-electron chi connectivity index (χ0n) is 19.1. The standard InChI is InChI=1S/C23H36N4O4/c1-4-24-23(25-11-5-7-18-9-10-19(29-2)21(17-18)30-3)27-14-12-26(13-15-27)22(28)20-8-6-16-31-20/h9-10,17,20H,4-8,11-16H2,1-3H3,(H,24,25). The number of rotatable bonds is 8. The van der Waals surface area contributed by atoms with Crippen LogP contribution in [0.3, 0.4) is 0 Å². The number of guanidine groups is 1. The van der Waals surface area contributed by atoms with Gasteiger partial charge in [-0.2, -0.15) is 0 Å². The smallest absolute Gasteiger partial charge is 0.251 e. The molecule has 0 saturated carbocycles. The molecule has 0 spiro atoms. The molecule has 2 aliphatic rings. The summed E-state index contributed by atoms with van der Waals surface area (Å²) in [6, 6.07) is 6.04. The van der Waals surface area contributed by atoms with Crippen molar-refractivity contribution in [2.24, 2.45) is 4.99 Å². The molecule has 31 heavy (non-hydrogen) atoms. The summed E-state index contributed by atoms with van der Waals surface area (Å²) in [5.74, 6) is 2.58. The molecule has 0 aromatic heterocycles. The predicted octanol–water partition coefficient (Wildman–Crippen LogP) is 1.93. The lowest BCUT2D eigenvalue weighted by molar-refractivity contribution is -0.142. The summed E-state index contributed by atoms with van der Waals surface area (Å²) in [5.41, 5.74) is 1.21. The average Bonchev–Trinajstić information content (AvgIpc) is 3.35. The predicted molar refractivity (Wildman–Crippen MR) is 121 cm³/mol. The second kappa shape index (κ2) is 11.8. The molecule has 1 aromatic carbocycles. The van der Waals surface area contributed by atoms with E-state index in [9.17, 15) is 4.79 Å². The van der Waals surface area contributed by atoms with Gasteiger partial charge in [-0.25, -0.2) is 0 Å². The number of carbonyl (C=O) groups excluding carboxylic acids is 1. The first-order chi connectivity index (χ1) is 15.2. The Morgan fingerprint density at radius 3 is 2.55 bits per heavy atom. The van der Waals surface area contributed by atoms with Gasteiger partial charge >= 0.3 is 0 Å². The normalized spacial score (nSPS) is 19.5. The van der Waals surface area contributed by atoms with Gasteiger partial charge in [0.25, 0.3) is 5.91 Å². The van der Waals surface area contributed by atoms with Gasteiger partial charge in [0.1, 0.15) is 6.10 Å². The Morgan fingerprint density at radius 1 is 1.16 bits per heavy atom. The van der Waals surface area contributed by atoms with Crippen LogP contribution in [0.4, 0.5) is 0 Å². The third-order valence-corrected chi connectivity index (χ3v) is 5.76. The molecule has 1 amide bonds. The zero-order valence-corrected chi connectivity index (χ0v) is 19.1. The zero-order chi connectivity index (χ0) is 22.1. The van der Waals surface area contributed by atoms with Crippen LogP contribution in [0.1, 0.15) is 31.7 Å². The fourth-order valence-electron chi connectivity index (χ4n) is 4.04. The molecule has 8 heteroatoms. The van der Waals surface area contributed by atoms with Crippen molar-refractivity contribution < 1.29 is 19.0 Å². The molecule has 1 unspecified atom stereocenters. The van der Waals surface area contributed by atoms with E-state index in [0.717, 1.165) is 82.4 Å². The minimum absolute atomic E-state index is 0.147. The highest BCUT2D eigenvalue weighted by molar-refractivity contribution is 5.82. The van der Waals surface area contributed by atoms with Gasteiger partial charge in [-0.05, 0) is 50.3 Å². The number of benzene rings is 1. The van der Waals surface area contributed by atoms with Crippen LogP contribution in [0.5, 0.6) is 11.5 Å². The summed E-state index contributed by atoms with van der Waals surface area (Å²) in [6.45, 7) is 7.37. The molecule has 2 fully saturated rings. The monoisotopic (exact) mass is 432 g/mol. The van der Waals surface area contributed by atoms with Crippen molar-refractivity contribution in [3.63, 3.8) is 0 Å². The van der Waals surface area contributed by atoms with Gasteiger partial charge in [0, 0.05) is 45.9 Å². The van der Waals surface area contributed by atoms with Crippen LogP contribution in [0.25, 0.3) is 0 Å². The molecule has 1 aromatic rings. The fraction of sp³-hybridized carbons (Fsp3) is 0.652. The highest BCUT2D eigenvalue weighted by atomic mass is 16.5. The first kappa shape index (κ1) is 23.2. The summed E-state index contributed by atoms with van der Waals surface area (Å²) in [7, 11) is 3.30. The number of aryl methyl sites for hydroxylation is 1. The largest absolute Gasteiger partial charge is 0.493 e. The first-order valence-electron chi connectivity index (χ1n) is 11.3. The highest BCUT2D eigenvalue weighted by Gasteiger charge is 2.30. The van der Waals surface area contributed by atoms with Crippen molar-refractivity contribution in [2.45, 2.75) is 38.7 Å². The third kappa shape index (κ3) is 6.26. The molecule has 1 atom stereocenters. The van der Waals surface area contributed by atoms with E-state index in [4.69, 9.17) is 19.2 Å². The molecule has 3 rings (SSSR count). The van der Waals surface area contributed by atoms with Crippen LogP contribution in [0.15, 0.2) is 23.2 Å². The molecule has 2 aliphatic heterocycles. The molecule has 0 aliphatic carbocycles. The third-order valence-electron chi connectivity index (χ3n) is 5.76. The van der Waals surface area contributed by atoms with Crippen LogP contribution in [-0.2, 0) is 16.0 Å². The van der Waals surface area contributed by atoms with E-state index in [1.54, 1.807) is 14.2 Å². The van der Waals surface area contributed by atoms with E-state index in [1.165, 1.54) is 5.56 Å². The second-order valence-corrected chi connectivity index (χ2v) is 7.84. The Labute approximate surface area is 185 Å². The van der Waals surface area contributed by atoms with E-state index >= 15 is 0 Å². The van der Waals surface area contributed by atoms with Gasteiger partial charge in [0.05, 0.1) is 14.2 Å². The van der Waals surface area contributed by atoms with Gasteiger partial charge < -0.3 is 29.3 Å². The van der Waals surface area contributed by atoms with E-state index in [1.807, 2.05) is 17.0 Å². The van der Waals surface area contributed by atoms with Crippen molar-refractivity contribution in [3.8, 4) is 11.5 Å². The number of aliphatic imine (C=N–C) groups is 1. The van der Waals surface area contributed by atoms with Gasteiger partial charge in [0.15, 0.2) is 17.5 Å². The van der Waals surface area contributed by atoms with Gasteiger partial charge in [-0.1, -0.05) is 6.07 Å². The number of amides is 1. The van der Waals surface area contributed by atoms with Crippen LogP contribution in [0.2, 0.25) is 0 Å². The number of hydrogen-bond acceptors (Lipinski definition) is 5. The maximum Gasteiger partial charge on any atom is 0.251 e. The Morgan fingerprint density at radius 2 is 1.90 bits per heavy atom. The lowest BCUT2D eigenvalue weighted by atomic mass is 10.1. The summed E-state index contributed by atoms with van der Waals surface area (Å²) < 4.78 is 16.2. The minimum atomic E-state index is -0.231. The van der Waals surface area contributed by atoms with E-state index in [-0.39, 0.29) is 12.0 Å². The van der Waals surface area contributed by atoms with E-state index in [2.05, 4.69) is 23.2 Å². The van der Waals surface area contributed by atoms with Crippen molar-refractivity contribution in [2.75, 3.05) is 60.1 Å². The van der Waals surface area contributed by atoms with Gasteiger partial charge in [-0.15, -0.1) is 0 Å². The summed E-state index contributed by atoms with van der Waals surface area (Å²) in [6.07, 6.45) is 3.47. The molecule has 8 nitrogen and oxygen atoms in total. The number of methoxy groups -OCH3 is 2. The number of piperazine rings is 1. The Bertz CT molecular complexity index is 741. The summed E-state index contributed by atoms with van der Waals surface area (Å²) in [4.78, 5) is 21.6. The summed E-state index contributed by atoms with van der Waals surface area (Å²) in [5, 5.41) is 3.39.